The van der Waals surface area contributed by atoms with Crippen molar-refractivity contribution in [3.63, 3.8) is 0 Å². The average molecular weight is 562 g/mol. The van der Waals surface area contributed by atoms with Gasteiger partial charge in [0.25, 0.3) is 0 Å². The van der Waals surface area contributed by atoms with E-state index in [1.165, 1.54) is 11.6 Å². The molecule has 0 saturated heterocycles. The van der Waals surface area contributed by atoms with Crippen molar-refractivity contribution in [1.82, 2.24) is 4.98 Å². The first-order valence-electron chi connectivity index (χ1n) is 11.4. The molecule has 1 N–H and O–H groups in total. The van der Waals surface area contributed by atoms with E-state index in [1.807, 2.05) is 73.7 Å². The van der Waals surface area contributed by atoms with E-state index in [0.29, 0.717) is 28.1 Å². The van der Waals surface area contributed by atoms with Crippen molar-refractivity contribution in [3.8, 4) is 22.8 Å². The molecule has 0 bridgehead atoms. The first-order chi connectivity index (χ1) is 17.4. The number of amides is 1. The monoisotopic (exact) mass is 560 g/mol. The summed E-state index contributed by atoms with van der Waals surface area (Å²) in [6.45, 7) is 4.05. The SMILES string of the molecule is CCc1cc(Br)c2oc(-c3ccc(NC(=O)/C=C/c4ccc(-c5ccc(C)c(Cl)c5)o4)cc3)nc2c1. The van der Waals surface area contributed by atoms with Gasteiger partial charge in [0.15, 0.2) is 5.58 Å². The Labute approximate surface area is 221 Å². The maximum atomic E-state index is 12.4. The second-order valence-corrected chi connectivity index (χ2v) is 9.63. The van der Waals surface area contributed by atoms with E-state index in [0.717, 1.165) is 38.7 Å². The number of furan rings is 1. The first-order valence-corrected chi connectivity index (χ1v) is 12.6. The van der Waals surface area contributed by atoms with Crippen molar-refractivity contribution >= 4 is 56.3 Å². The molecule has 0 aliphatic heterocycles. The Morgan fingerprint density at radius 1 is 1.03 bits per heavy atom. The number of rotatable bonds is 6. The number of benzene rings is 3. The minimum atomic E-state index is -0.267. The summed E-state index contributed by atoms with van der Waals surface area (Å²) < 4.78 is 12.7. The Morgan fingerprint density at radius 3 is 2.56 bits per heavy atom. The van der Waals surface area contributed by atoms with Crippen LogP contribution in [0.5, 0.6) is 0 Å². The van der Waals surface area contributed by atoms with Crippen LogP contribution < -0.4 is 5.32 Å². The number of oxazole rings is 1. The van der Waals surface area contributed by atoms with Crippen LogP contribution in [0.25, 0.3) is 40.0 Å². The molecule has 7 heteroatoms. The third kappa shape index (κ3) is 5.15. The van der Waals surface area contributed by atoms with Crippen LogP contribution in [0.2, 0.25) is 5.02 Å². The van der Waals surface area contributed by atoms with Crippen LogP contribution in [-0.2, 0) is 11.2 Å². The van der Waals surface area contributed by atoms with Gasteiger partial charge >= 0.3 is 0 Å². The van der Waals surface area contributed by atoms with Crippen molar-refractivity contribution in [3.05, 3.63) is 99.2 Å². The van der Waals surface area contributed by atoms with Crippen LogP contribution in [-0.4, -0.2) is 10.9 Å². The van der Waals surface area contributed by atoms with Gasteiger partial charge in [-0.25, -0.2) is 4.98 Å². The Bertz CT molecular complexity index is 1600. The van der Waals surface area contributed by atoms with E-state index in [4.69, 9.17) is 20.4 Å². The second-order valence-electron chi connectivity index (χ2n) is 8.36. The van der Waals surface area contributed by atoms with E-state index < -0.39 is 0 Å². The standard InChI is InChI=1S/C29H22BrClN2O3/c1-3-18-14-23(30)28-25(15-18)33-29(36-28)19-6-8-21(9-7-19)32-27(34)13-11-22-10-12-26(35-22)20-5-4-17(2)24(31)16-20/h4-16H,3H2,1-2H3,(H,32,34)/b13-11+. The number of aryl methyl sites for hydroxylation is 2. The smallest absolute Gasteiger partial charge is 0.248 e. The molecule has 0 aliphatic carbocycles. The topological polar surface area (TPSA) is 68.3 Å². The van der Waals surface area contributed by atoms with Gasteiger partial charge in [0, 0.05) is 27.9 Å². The quantitative estimate of drug-likeness (QED) is 0.211. The van der Waals surface area contributed by atoms with Crippen LogP contribution in [0.1, 0.15) is 23.8 Å². The summed E-state index contributed by atoms with van der Waals surface area (Å²) in [7, 11) is 0. The zero-order valence-electron chi connectivity index (χ0n) is 19.6. The van der Waals surface area contributed by atoms with Crippen molar-refractivity contribution < 1.29 is 13.6 Å². The van der Waals surface area contributed by atoms with Crippen LogP contribution in [0.4, 0.5) is 5.69 Å². The lowest BCUT2D eigenvalue weighted by atomic mass is 10.1. The summed E-state index contributed by atoms with van der Waals surface area (Å²) in [6.07, 6.45) is 3.98. The highest BCUT2D eigenvalue weighted by Gasteiger charge is 2.12. The molecule has 0 atom stereocenters. The minimum Gasteiger partial charge on any atom is -0.457 e. The van der Waals surface area contributed by atoms with E-state index in [2.05, 4.69) is 33.2 Å². The van der Waals surface area contributed by atoms with Crippen molar-refractivity contribution in [2.75, 3.05) is 5.32 Å². The maximum absolute atomic E-state index is 12.4. The number of nitrogens with zero attached hydrogens (tertiary/aromatic N) is 1. The highest BCUT2D eigenvalue weighted by atomic mass is 79.9. The van der Waals surface area contributed by atoms with Gasteiger partial charge in [-0.05, 0) is 101 Å². The van der Waals surface area contributed by atoms with Gasteiger partial charge in [0.05, 0.1) is 4.47 Å². The molecule has 0 unspecified atom stereocenters. The molecule has 2 aromatic heterocycles. The van der Waals surface area contributed by atoms with Crippen molar-refractivity contribution in [2.45, 2.75) is 20.3 Å². The summed E-state index contributed by atoms with van der Waals surface area (Å²) >= 11 is 9.77. The Morgan fingerprint density at radius 2 is 1.81 bits per heavy atom. The number of carbonyl (C=O) groups excluding carboxylic acids is 1. The zero-order valence-corrected chi connectivity index (χ0v) is 22.0. The number of carbonyl (C=O) groups is 1. The summed E-state index contributed by atoms with van der Waals surface area (Å²) in [5, 5.41) is 3.53. The molecule has 3 aromatic carbocycles. The normalized spacial score (nSPS) is 11.4. The largest absolute Gasteiger partial charge is 0.457 e. The van der Waals surface area contributed by atoms with E-state index in [9.17, 15) is 4.79 Å². The molecule has 0 saturated carbocycles. The lowest BCUT2D eigenvalue weighted by molar-refractivity contribution is -0.111. The summed E-state index contributed by atoms with van der Waals surface area (Å²) in [4.78, 5) is 17.0. The average Bonchev–Trinajstić information content (AvgIpc) is 3.53. The second kappa shape index (κ2) is 10.2. The number of anilines is 1. The van der Waals surface area contributed by atoms with E-state index >= 15 is 0 Å². The Hall–Kier alpha value is -3.61. The first kappa shape index (κ1) is 24.1. The molecular weight excluding hydrogens is 540 g/mol. The molecule has 1 amide bonds. The van der Waals surface area contributed by atoms with Gasteiger partial charge in [0.1, 0.15) is 17.0 Å². The van der Waals surface area contributed by atoms with E-state index in [-0.39, 0.29) is 5.91 Å². The zero-order chi connectivity index (χ0) is 25.2. The maximum Gasteiger partial charge on any atom is 0.248 e. The van der Waals surface area contributed by atoms with Gasteiger partial charge in [0.2, 0.25) is 11.8 Å². The molecule has 5 aromatic rings. The van der Waals surface area contributed by atoms with Gasteiger partial charge in [-0.2, -0.15) is 0 Å². The van der Waals surface area contributed by atoms with Crippen molar-refractivity contribution in [2.24, 2.45) is 0 Å². The predicted octanol–water partition coefficient (Wildman–Crippen LogP) is 8.69. The predicted molar refractivity (Wildman–Crippen MR) is 148 cm³/mol. The number of hydrogen-bond donors (Lipinski definition) is 1. The molecule has 180 valence electrons. The van der Waals surface area contributed by atoms with Gasteiger partial charge in [-0.3, -0.25) is 4.79 Å². The molecule has 0 aliphatic rings. The summed E-state index contributed by atoms with van der Waals surface area (Å²) in [6, 6.07) is 20.9. The molecule has 36 heavy (non-hydrogen) atoms. The fourth-order valence-corrected chi connectivity index (χ4v) is 4.51. The number of hydrogen-bond acceptors (Lipinski definition) is 4. The fourth-order valence-electron chi connectivity index (χ4n) is 3.76. The number of nitrogens with one attached hydrogen (secondary N) is 1. The highest BCUT2D eigenvalue weighted by molar-refractivity contribution is 9.10. The summed E-state index contributed by atoms with van der Waals surface area (Å²) in [5.41, 5.74) is 6.08. The van der Waals surface area contributed by atoms with Gasteiger partial charge in [-0.15, -0.1) is 0 Å². The Balaban J connectivity index is 1.25. The molecular formula is C29H22BrClN2O3. The molecule has 0 fully saturated rings. The minimum absolute atomic E-state index is 0.267. The molecule has 0 radical (unpaired) electrons. The number of aromatic nitrogens is 1. The van der Waals surface area contributed by atoms with Crippen LogP contribution in [0.3, 0.4) is 0 Å². The molecule has 2 heterocycles. The molecule has 0 spiro atoms. The van der Waals surface area contributed by atoms with Crippen LogP contribution >= 0.6 is 27.5 Å². The Kier molecular flexibility index (Phi) is 6.81. The molecule has 5 rings (SSSR count). The highest BCUT2D eigenvalue weighted by Crippen LogP contribution is 2.31. The van der Waals surface area contributed by atoms with Crippen molar-refractivity contribution in [1.29, 1.82) is 0 Å². The van der Waals surface area contributed by atoms with E-state index in [1.54, 1.807) is 6.08 Å². The number of fused-ring (bicyclic) bond motifs is 1. The lowest BCUT2D eigenvalue weighted by Gasteiger charge is -2.03. The summed E-state index contributed by atoms with van der Waals surface area (Å²) in [5.74, 6) is 1.52. The van der Waals surface area contributed by atoms with Crippen LogP contribution in [0.15, 0.2) is 86.1 Å². The lowest BCUT2D eigenvalue weighted by Crippen LogP contribution is -2.07. The van der Waals surface area contributed by atoms with Crippen LogP contribution in [0, 0.1) is 6.92 Å². The fraction of sp³-hybridized carbons (Fsp3) is 0.103. The van der Waals surface area contributed by atoms with Gasteiger partial charge in [-0.1, -0.05) is 30.7 Å². The third-order valence-electron chi connectivity index (χ3n) is 5.79. The number of halogens is 2. The van der Waals surface area contributed by atoms with Gasteiger partial charge < -0.3 is 14.2 Å². The molecule has 5 nitrogen and oxygen atoms in total. The third-order valence-corrected chi connectivity index (χ3v) is 6.79.